The van der Waals surface area contributed by atoms with Crippen LogP contribution in [0.1, 0.15) is 16.7 Å². The molecular formula is C33H22. The molecule has 0 radical (unpaired) electrons. The van der Waals surface area contributed by atoms with Gasteiger partial charge in [0.15, 0.2) is 0 Å². The molecule has 0 unspecified atom stereocenters. The predicted molar refractivity (Wildman–Crippen MR) is 145 cm³/mol. The van der Waals surface area contributed by atoms with Gasteiger partial charge >= 0.3 is 0 Å². The number of benzene rings is 7. The quantitative estimate of drug-likeness (QED) is 0.149. The van der Waals surface area contributed by atoms with E-state index in [0.29, 0.717) is 0 Å². The van der Waals surface area contributed by atoms with Gasteiger partial charge in [-0.25, -0.2) is 0 Å². The summed E-state index contributed by atoms with van der Waals surface area (Å²) in [7, 11) is 0. The Bertz CT molecular complexity index is 1790. The molecule has 0 aliphatic heterocycles. The van der Waals surface area contributed by atoms with E-state index in [-0.39, 0.29) is 0 Å². The average Bonchev–Trinajstić information content (AvgIpc) is 2.88. The SMILES string of the molecule is Cc1c2ccccc2c(C=Cc2ccc3ccc4cccc5ccc2c3c45)c2ccccc12. The third kappa shape index (κ3) is 2.64. The Morgan fingerprint density at radius 2 is 0.970 bits per heavy atom. The smallest absolute Gasteiger partial charge is 0.00208 e. The molecule has 7 rings (SSSR count). The van der Waals surface area contributed by atoms with Gasteiger partial charge in [0.05, 0.1) is 0 Å². The minimum absolute atomic E-state index is 1.26. The highest BCUT2D eigenvalue weighted by Gasteiger charge is 2.11. The monoisotopic (exact) mass is 418 g/mol. The molecule has 0 heterocycles. The summed E-state index contributed by atoms with van der Waals surface area (Å²) in [4.78, 5) is 0. The topological polar surface area (TPSA) is 0 Å². The van der Waals surface area contributed by atoms with Gasteiger partial charge in [0.1, 0.15) is 0 Å². The molecular weight excluding hydrogens is 396 g/mol. The molecule has 0 fully saturated rings. The Balaban J connectivity index is 1.52. The summed E-state index contributed by atoms with van der Waals surface area (Å²) in [5.74, 6) is 0. The summed E-state index contributed by atoms with van der Waals surface area (Å²) in [6.07, 6.45) is 4.62. The van der Waals surface area contributed by atoms with Crippen LogP contribution in [0, 0.1) is 6.92 Å². The lowest BCUT2D eigenvalue weighted by Crippen LogP contribution is -1.88. The molecule has 0 spiro atoms. The number of fused-ring (bicyclic) bond motifs is 2. The van der Waals surface area contributed by atoms with Crippen molar-refractivity contribution in [3.05, 3.63) is 120 Å². The summed E-state index contributed by atoms with van der Waals surface area (Å²) in [5.41, 5.74) is 3.90. The predicted octanol–water partition coefficient (Wildman–Crippen LogP) is 9.37. The first kappa shape index (κ1) is 18.4. The van der Waals surface area contributed by atoms with Gasteiger partial charge in [-0.05, 0) is 77.5 Å². The fraction of sp³-hybridized carbons (Fsp3) is 0.0303. The van der Waals surface area contributed by atoms with E-state index in [2.05, 4.69) is 122 Å². The van der Waals surface area contributed by atoms with Crippen molar-refractivity contribution in [1.82, 2.24) is 0 Å². The highest BCUT2D eigenvalue weighted by molar-refractivity contribution is 6.24. The molecule has 33 heavy (non-hydrogen) atoms. The van der Waals surface area contributed by atoms with Gasteiger partial charge in [-0.1, -0.05) is 115 Å². The molecule has 0 saturated heterocycles. The summed E-state index contributed by atoms with van der Waals surface area (Å²) in [6.45, 7) is 2.24. The van der Waals surface area contributed by atoms with Crippen LogP contribution >= 0.6 is 0 Å². The van der Waals surface area contributed by atoms with Crippen molar-refractivity contribution in [2.75, 3.05) is 0 Å². The second-order valence-corrected chi connectivity index (χ2v) is 8.97. The van der Waals surface area contributed by atoms with Gasteiger partial charge in [0.2, 0.25) is 0 Å². The van der Waals surface area contributed by atoms with Crippen molar-refractivity contribution in [3.8, 4) is 0 Å². The van der Waals surface area contributed by atoms with E-state index in [0.717, 1.165) is 0 Å². The lowest BCUT2D eigenvalue weighted by Gasteiger charge is -2.14. The van der Waals surface area contributed by atoms with Crippen molar-refractivity contribution in [3.63, 3.8) is 0 Å². The Morgan fingerprint density at radius 1 is 0.424 bits per heavy atom. The van der Waals surface area contributed by atoms with Crippen molar-refractivity contribution in [2.45, 2.75) is 6.92 Å². The van der Waals surface area contributed by atoms with Crippen LogP contribution in [0.2, 0.25) is 0 Å². The van der Waals surface area contributed by atoms with Gasteiger partial charge in [-0.2, -0.15) is 0 Å². The van der Waals surface area contributed by atoms with E-state index in [1.54, 1.807) is 0 Å². The molecule has 0 aromatic heterocycles. The number of aryl methyl sites for hydroxylation is 1. The van der Waals surface area contributed by atoms with E-state index in [1.807, 2.05) is 0 Å². The maximum atomic E-state index is 2.32. The average molecular weight is 419 g/mol. The summed E-state index contributed by atoms with van der Waals surface area (Å²) in [5, 5.41) is 13.2. The zero-order valence-corrected chi connectivity index (χ0v) is 18.5. The van der Waals surface area contributed by atoms with Gasteiger partial charge in [-0.15, -0.1) is 0 Å². The molecule has 0 bridgehead atoms. The van der Waals surface area contributed by atoms with Gasteiger partial charge < -0.3 is 0 Å². The summed E-state index contributed by atoms with van der Waals surface area (Å²) >= 11 is 0. The van der Waals surface area contributed by atoms with E-state index < -0.39 is 0 Å². The molecule has 7 aromatic carbocycles. The summed E-state index contributed by atoms with van der Waals surface area (Å²) < 4.78 is 0. The first-order valence-electron chi connectivity index (χ1n) is 11.5. The Kier molecular flexibility index (Phi) is 3.86. The maximum absolute atomic E-state index is 2.32. The minimum Gasteiger partial charge on any atom is -0.0616 e. The number of hydrogen-bond donors (Lipinski definition) is 0. The van der Waals surface area contributed by atoms with Crippen molar-refractivity contribution in [1.29, 1.82) is 0 Å². The normalized spacial score (nSPS) is 12.3. The van der Waals surface area contributed by atoms with Gasteiger partial charge in [0, 0.05) is 0 Å². The lowest BCUT2D eigenvalue weighted by molar-refractivity contribution is 1.58. The zero-order chi connectivity index (χ0) is 21.9. The highest BCUT2D eigenvalue weighted by atomic mass is 14.1. The highest BCUT2D eigenvalue weighted by Crippen LogP contribution is 2.37. The van der Waals surface area contributed by atoms with Crippen LogP contribution in [0.25, 0.3) is 66.0 Å². The van der Waals surface area contributed by atoms with E-state index in [4.69, 9.17) is 0 Å². The van der Waals surface area contributed by atoms with Crippen LogP contribution in [0.15, 0.2) is 103 Å². The molecule has 0 saturated carbocycles. The van der Waals surface area contributed by atoms with Crippen molar-refractivity contribution >= 4 is 66.0 Å². The van der Waals surface area contributed by atoms with Crippen molar-refractivity contribution in [2.24, 2.45) is 0 Å². The number of hydrogen-bond acceptors (Lipinski definition) is 0. The van der Waals surface area contributed by atoms with Crippen LogP contribution in [0.5, 0.6) is 0 Å². The maximum Gasteiger partial charge on any atom is -0.00208 e. The molecule has 0 N–H and O–H groups in total. The van der Waals surface area contributed by atoms with Gasteiger partial charge in [-0.3, -0.25) is 0 Å². The van der Waals surface area contributed by atoms with E-state index >= 15 is 0 Å². The minimum atomic E-state index is 1.26. The third-order valence-electron chi connectivity index (χ3n) is 7.23. The molecule has 0 atom stereocenters. The molecule has 0 aliphatic carbocycles. The fourth-order valence-electron chi connectivity index (χ4n) is 5.64. The number of rotatable bonds is 2. The van der Waals surface area contributed by atoms with Crippen LogP contribution in [-0.2, 0) is 0 Å². The molecule has 0 nitrogen and oxygen atoms in total. The Labute approximate surface area is 192 Å². The van der Waals surface area contributed by atoms with Crippen molar-refractivity contribution < 1.29 is 0 Å². The molecule has 154 valence electrons. The van der Waals surface area contributed by atoms with Crippen LogP contribution in [0.3, 0.4) is 0 Å². The Hall–Kier alpha value is -4.16. The van der Waals surface area contributed by atoms with E-state index in [1.165, 1.54) is 70.6 Å². The second kappa shape index (κ2) is 6.92. The first-order chi connectivity index (χ1) is 16.3. The van der Waals surface area contributed by atoms with E-state index in [9.17, 15) is 0 Å². The first-order valence-corrected chi connectivity index (χ1v) is 11.5. The summed E-state index contributed by atoms with van der Waals surface area (Å²) in [6, 6.07) is 37.7. The molecule has 0 heteroatoms. The lowest BCUT2D eigenvalue weighted by atomic mass is 9.90. The van der Waals surface area contributed by atoms with Crippen LogP contribution in [-0.4, -0.2) is 0 Å². The third-order valence-corrected chi connectivity index (χ3v) is 7.23. The zero-order valence-electron chi connectivity index (χ0n) is 18.5. The largest absolute Gasteiger partial charge is 0.0616 e. The molecule has 0 amide bonds. The molecule has 7 aromatic rings. The molecule has 0 aliphatic rings. The van der Waals surface area contributed by atoms with Crippen LogP contribution < -0.4 is 0 Å². The van der Waals surface area contributed by atoms with Crippen LogP contribution in [0.4, 0.5) is 0 Å². The second-order valence-electron chi connectivity index (χ2n) is 8.97. The Morgan fingerprint density at radius 3 is 1.64 bits per heavy atom. The standard InChI is InChI=1S/C33H22/c1-21-26-9-2-4-11-29(26)31(30-12-5-3-10-27(21)30)20-17-22-13-14-25-16-15-23-7-6-8-24-18-19-28(22)33(25)32(23)24/h2-20H,1H3. The fourth-order valence-corrected chi connectivity index (χ4v) is 5.64. The van der Waals surface area contributed by atoms with Gasteiger partial charge in [0.25, 0.3) is 0 Å².